The van der Waals surface area contributed by atoms with E-state index in [-0.39, 0.29) is 29.8 Å². The summed E-state index contributed by atoms with van der Waals surface area (Å²) in [5, 5.41) is 5.57. The molecule has 1 aromatic heterocycles. The molecule has 1 saturated carbocycles. The lowest BCUT2D eigenvalue weighted by molar-refractivity contribution is -0.138. The Bertz CT molecular complexity index is 1120. The van der Waals surface area contributed by atoms with E-state index in [9.17, 15) is 23.2 Å². The van der Waals surface area contributed by atoms with Crippen LogP contribution in [-0.4, -0.2) is 51.2 Å². The van der Waals surface area contributed by atoms with Crippen LogP contribution in [0, 0.1) is 17.6 Å². The third kappa shape index (κ3) is 6.47. The SMILES string of the molecule is CC(NC(=O)C(CC(=O)N1CCCC[C@@H]1C)NC(=O)CC1CC1)c1ncc(-c2ccc(F)cc2F)[nH]1. The fraction of sp³-hybridized carbons (Fsp3) is 0.538. The number of nitrogens with one attached hydrogen (secondary N) is 3. The molecule has 1 aliphatic heterocycles. The number of H-pyrrole nitrogens is 1. The van der Waals surface area contributed by atoms with Gasteiger partial charge in [-0.15, -0.1) is 0 Å². The summed E-state index contributed by atoms with van der Waals surface area (Å²) in [6.45, 7) is 4.34. The van der Waals surface area contributed by atoms with Crippen molar-refractivity contribution in [1.29, 1.82) is 0 Å². The Morgan fingerprint density at radius 2 is 1.94 bits per heavy atom. The molecule has 2 unspecified atom stereocenters. The molecule has 2 aromatic rings. The number of halogens is 2. The van der Waals surface area contributed by atoms with Gasteiger partial charge >= 0.3 is 0 Å². The highest BCUT2D eigenvalue weighted by Crippen LogP contribution is 2.32. The van der Waals surface area contributed by atoms with E-state index in [4.69, 9.17) is 0 Å². The minimum Gasteiger partial charge on any atom is -0.345 e. The Morgan fingerprint density at radius 1 is 1.17 bits per heavy atom. The number of aromatic nitrogens is 2. The number of benzene rings is 1. The van der Waals surface area contributed by atoms with Gasteiger partial charge in [0.2, 0.25) is 17.7 Å². The predicted octanol–water partition coefficient (Wildman–Crippen LogP) is 3.61. The minimum atomic E-state index is -1.01. The number of rotatable bonds is 9. The molecule has 36 heavy (non-hydrogen) atoms. The molecule has 4 rings (SSSR count). The van der Waals surface area contributed by atoms with Gasteiger partial charge in [0, 0.05) is 30.6 Å². The van der Waals surface area contributed by atoms with Crippen LogP contribution < -0.4 is 10.6 Å². The van der Waals surface area contributed by atoms with E-state index in [2.05, 4.69) is 20.6 Å². The first-order chi connectivity index (χ1) is 17.2. The number of amides is 3. The van der Waals surface area contributed by atoms with Crippen molar-refractivity contribution >= 4 is 17.7 Å². The highest BCUT2D eigenvalue weighted by molar-refractivity contribution is 5.92. The molecule has 3 atom stereocenters. The molecule has 3 N–H and O–H groups in total. The van der Waals surface area contributed by atoms with Crippen LogP contribution in [-0.2, 0) is 14.4 Å². The van der Waals surface area contributed by atoms with E-state index < -0.39 is 29.6 Å². The smallest absolute Gasteiger partial charge is 0.243 e. The van der Waals surface area contributed by atoms with Gasteiger partial charge in [-0.25, -0.2) is 13.8 Å². The van der Waals surface area contributed by atoms with Gasteiger partial charge in [-0.3, -0.25) is 14.4 Å². The zero-order chi connectivity index (χ0) is 25.8. The number of nitrogens with zero attached hydrogens (tertiary/aromatic N) is 2. The maximum Gasteiger partial charge on any atom is 0.243 e. The van der Waals surface area contributed by atoms with E-state index >= 15 is 0 Å². The summed E-state index contributed by atoms with van der Waals surface area (Å²) >= 11 is 0. The van der Waals surface area contributed by atoms with Crippen molar-refractivity contribution in [2.24, 2.45) is 5.92 Å². The average molecular weight is 502 g/mol. The second kappa shape index (κ2) is 11.2. The van der Waals surface area contributed by atoms with Gasteiger partial charge < -0.3 is 20.5 Å². The van der Waals surface area contributed by atoms with Crippen LogP contribution >= 0.6 is 0 Å². The largest absolute Gasteiger partial charge is 0.345 e. The lowest BCUT2D eigenvalue weighted by Gasteiger charge is -2.34. The Morgan fingerprint density at radius 3 is 2.64 bits per heavy atom. The van der Waals surface area contributed by atoms with Crippen LogP contribution in [0.4, 0.5) is 8.78 Å². The summed E-state index contributed by atoms with van der Waals surface area (Å²) in [6, 6.07) is 1.73. The number of carbonyl (C=O) groups excluding carboxylic acids is 3. The van der Waals surface area contributed by atoms with Crippen molar-refractivity contribution in [3.63, 3.8) is 0 Å². The van der Waals surface area contributed by atoms with E-state index in [1.165, 1.54) is 12.3 Å². The standard InChI is InChI=1S/C26H33F2N5O3/c1-15-5-3-4-10-33(15)24(35)13-21(31-23(34)11-17-6-7-17)26(36)30-16(2)25-29-14-22(32-25)19-9-8-18(27)12-20(19)28/h8-9,12,14-17,21H,3-7,10-11,13H2,1-2H3,(H,29,32)(H,30,36)(H,31,34)/t15-,16?,21?/m0/s1. The van der Waals surface area contributed by atoms with Crippen molar-refractivity contribution in [2.45, 2.75) is 76.9 Å². The number of imidazole rings is 1. The molecule has 1 aliphatic carbocycles. The van der Waals surface area contributed by atoms with Crippen molar-refractivity contribution in [3.8, 4) is 11.3 Å². The minimum absolute atomic E-state index is 0.101. The number of hydrogen-bond acceptors (Lipinski definition) is 4. The fourth-order valence-corrected chi connectivity index (χ4v) is 4.59. The van der Waals surface area contributed by atoms with Crippen LogP contribution in [0.5, 0.6) is 0 Å². The Hall–Kier alpha value is -3.30. The monoisotopic (exact) mass is 501 g/mol. The molecule has 8 nitrogen and oxygen atoms in total. The van der Waals surface area contributed by atoms with Crippen LogP contribution in [0.15, 0.2) is 24.4 Å². The van der Waals surface area contributed by atoms with Crippen LogP contribution in [0.3, 0.4) is 0 Å². The number of hydrogen-bond donors (Lipinski definition) is 3. The van der Waals surface area contributed by atoms with E-state index in [1.807, 2.05) is 6.92 Å². The maximum atomic E-state index is 14.1. The molecule has 1 aromatic carbocycles. The van der Waals surface area contributed by atoms with Crippen molar-refractivity contribution in [1.82, 2.24) is 25.5 Å². The summed E-state index contributed by atoms with van der Waals surface area (Å²) < 4.78 is 27.4. The summed E-state index contributed by atoms with van der Waals surface area (Å²) in [7, 11) is 0. The summed E-state index contributed by atoms with van der Waals surface area (Å²) in [4.78, 5) is 47.7. The number of likely N-dealkylation sites (tertiary alicyclic amines) is 1. The second-order valence-corrected chi connectivity index (χ2v) is 9.94. The molecular weight excluding hydrogens is 468 g/mol. The third-order valence-corrected chi connectivity index (χ3v) is 6.91. The molecule has 2 aliphatic rings. The lowest BCUT2D eigenvalue weighted by Crippen LogP contribution is -2.51. The van der Waals surface area contributed by atoms with E-state index in [1.54, 1.807) is 11.8 Å². The molecule has 10 heteroatoms. The molecule has 0 radical (unpaired) electrons. The molecule has 194 valence electrons. The predicted molar refractivity (Wildman–Crippen MR) is 129 cm³/mol. The van der Waals surface area contributed by atoms with Crippen LogP contribution in [0.2, 0.25) is 0 Å². The first-order valence-electron chi connectivity index (χ1n) is 12.6. The second-order valence-electron chi connectivity index (χ2n) is 9.94. The van der Waals surface area contributed by atoms with Gasteiger partial charge in [0.1, 0.15) is 23.5 Å². The first kappa shape index (κ1) is 25.8. The molecule has 1 saturated heterocycles. The van der Waals surface area contributed by atoms with Crippen molar-refractivity contribution in [3.05, 3.63) is 41.9 Å². The van der Waals surface area contributed by atoms with Gasteiger partial charge in [0.05, 0.1) is 24.4 Å². The van der Waals surface area contributed by atoms with Gasteiger partial charge in [-0.05, 0) is 64.0 Å². The third-order valence-electron chi connectivity index (χ3n) is 6.91. The van der Waals surface area contributed by atoms with Gasteiger partial charge in [0.25, 0.3) is 0 Å². The van der Waals surface area contributed by atoms with Gasteiger partial charge in [0.15, 0.2) is 0 Å². The topological polar surface area (TPSA) is 107 Å². The summed E-state index contributed by atoms with van der Waals surface area (Å²) in [5.41, 5.74) is 0.493. The first-order valence-corrected chi connectivity index (χ1v) is 12.6. The Labute approximate surface area is 209 Å². The van der Waals surface area contributed by atoms with Crippen molar-refractivity contribution < 1.29 is 23.2 Å². The van der Waals surface area contributed by atoms with Crippen LogP contribution in [0.1, 0.15) is 70.7 Å². The zero-order valence-corrected chi connectivity index (χ0v) is 20.7. The Kier molecular flexibility index (Phi) is 8.01. The quantitative estimate of drug-likeness (QED) is 0.488. The molecule has 0 bridgehead atoms. The van der Waals surface area contributed by atoms with Gasteiger partial charge in [-0.2, -0.15) is 0 Å². The number of carbonyl (C=O) groups is 3. The lowest BCUT2D eigenvalue weighted by atomic mass is 10.0. The zero-order valence-electron chi connectivity index (χ0n) is 20.7. The summed E-state index contributed by atoms with van der Waals surface area (Å²) in [5.74, 6) is -1.59. The van der Waals surface area contributed by atoms with Crippen molar-refractivity contribution in [2.75, 3.05) is 6.54 Å². The highest BCUT2D eigenvalue weighted by atomic mass is 19.1. The molecular formula is C26H33F2N5O3. The molecule has 0 spiro atoms. The molecule has 2 fully saturated rings. The maximum absolute atomic E-state index is 14.1. The van der Waals surface area contributed by atoms with Crippen LogP contribution in [0.25, 0.3) is 11.3 Å². The molecule has 2 heterocycles. The van der Waals surface area contributed by atoms with E-state index in [0.717, 1.165) is 44.2 Å². The number of piperidine rings is 1. The number of aromatic amines is 1. The fourth-order valence-electron chi connectivity index (χ4n) is 4.59. The molecule has 3 amide bonds. The normalized spacial score (nSPS) is 19.4. The van der Waals surface area contributed by atoms with E-state index in [0.29, 0.717) is 30.4 Å². The Balaban J connectivity index is 1.43. The summed E-state index contributed by atoms with van der Waals surface area (Å²) in [6.07, 6.45) is 6.54. The van der Waals surface area contributed by atoms with Gasteiger partial charge in [-0.1, -0.05) is 0 Å². The highest BCUT2D eigenvalue weighted by Gasteiger charge is 2.32. The average Bonchev–Trinajstić information content (AvgIpc) is 3.50.